The number of carbonyl (C=O) groups is 2. The van der Waals surface area contributed by atoms with Crippen molar-refractivity contribution in [3.8, 4) is 0 Å². The number of furan rings is 1. The van der Waals surface area contributed by atoms with Crippen molar-refractivity contribution in [2.24, 2.45) is 0 Å². The summed E-state index contributed by atoms with van der Waals surface area (Å²) in [6, 6.07) is 10.7. The highest BCUT2D eigenvalue weighted by molar-refractivity contribution is 6.05. The van der Waals surface area contributed by atoms with Crippen LogP contribution < -0.4 is 10.6 Å². The van der Waals surface area contributed by atoms with Gasteiger partial charge in [0, 0.05) is 17.7 Å². The number of benzene rings is 1. The summed E-state index contributed by atoms with van der Waals surface area (Å²) in [6.07, 6.45) is 4.69. The lowest BCUT2D eigenvalue weighted by atomic mass is 10.1. The van der Waals surface area contributed by atoms with Gasteiger partial charge in [0.15, 0.2) is 0 Å². The summed E-state index contributed by atoms with van der Waals surface area (Å²) in [6.45, 7) is 5.97. The largest absolute Gasteiger partial charge is 0.465 e. The van der Waals surface area contributed by atoms with Gasteiger partial charge in [-0.25, -0.2) is 0 Å². The van der Waals surface area contributed by atoms with Crippen molar-refractivity contribution in [2.45, 2.75) is 39.7 Å². The minimum absolute atomic E-state index is 0.0591. The van der Waals surface area contributed by atoms with Crippen LogP contribution in [0.4, 0.5) is 0 Å². The molecule has 1 aromatic heterocycles. The van der Waals surface area contributed by atoms with Crippen LogP contribution in [-0.4, -0.2) is 17.9 Å². The van der Waals surface area contributed by atoms with Crippen LogP contribution in [-0.2, 0) is 4.79 Å². The van der Waals surface area contributed by atoms with Gasteiger partial charge in [0.1, 0.15) is 11.5 Å². The molecule has 0 radical (unpaired) electrons. The number of hydrogen-bond acceptors (Lipinski definition) is 3. The number of amides is 2. The van der Waals surface area contributed by atoms with Crippen LogP contribution in [0.1, 0.15) is 48.4 Å². The maximum atomic E-state index is 12.6. The first-order chi connectivity index (χ1) is 12.0. The van der Waals surface area contributed by atoms with Gasteiger partial charge in [-0.15, -0.1) is 0 Å². The number of hydrogen-bond donors (Lipinski definition) is 2. The summed E-state index contributed by atoms with van der Waals surface area (Å²) in [5, 5.41) is 5.63. The van der Waals surface area contributed by atoms with E-state index in [1.165, 1.54) is 12.3 Å². The monoisotopic (exact) mass is 340 g/mol. The lowest BCUT2D eigenvalue weighted by molar-refractivity contribution is -0.118. The fraction of sp³-hybridized carbons (Fsp3) is 0.300. The molecule has 0 unspecified atom stereocenters. The molecular formula is C20H24N2O3. The van der Waals surface area contributed by atoms with Crippen molar-refractivity contribution in [3.63, 3.8) is 0 Å². The zero-order valence-electron chi connectivity index (χ0n) is 14.8. The lowest BCUT2D eigenvalue weighted by Crippen LogP contribution is -2.40. The predicted molar refractivity (Wildman–Crippen MR) is 97.8 cm³/mol. The second-order valence-corrected chi connectivity index (χ2v) is 5.88. The van der Waals surface area contributed by atoms with Crippen LogP contribution in [0, 0.1) is 6.92 Å². The molecule has 1 aromatic carbocycles. The standard InChI is InChI=1S/C20H24N2O3/c1-4-16(5-2)21-20(24)18(13-17-7-6-12-25-17)22-19(23)15-10-8-14(3)9-11-15/h6-13,16H,4-5H2,1-3H3,(H,21,24)(H,22,23)/b18-13-. The molecule has 132 valence electrons. The summed E-state index contributed by atoms with van der Waals surface area (Å²) in [5.41, 5.74) is 1.72. The molecule has 0 saturated heterocycles. The predicted octanol–water partition coefficient (Wildman–Crippen LogP) is 3.66. The van der Waals surface area contributed by atoms with E-state index in [0.29, 0.717) is 11.3 Å². The smallest absolute Gasteiger partial charge is 0.268 e. The molecule has 5 nitrogen and oxygen atoms in total. The van der Waals surface area contributed by atoms with Gasteiger partial charge in [-0.1, -0.05) is 31.5 Å². The van der Waals surface area contributed by atoms with E-state index < -0.39 is 0 Å². The average molecular weight is 340 g/mol. The summed E-state index contributed by atoms with van der Waals surface area (Å²) in [5.74, 6) is -0.165. The third-order valence-electron chi connectivity index (χ3n) is 3.96. The van der Waals surface area contributed by atoms with Gasteiger partial charge in [0.05, 0.1) is 6.26 Å². The van der Waals surface area contributed by atoms with Gasteiger partial charge >= 0.3 is 0 Å². The summed E-state index contributed by atoms with van der Waals surface area (Å²) < 4.78 is 5.27. The Morgan fingerprint density at radius 1 is 1.12 bits per heavy atom. The fourth-order valence-corrected chi connectivity index (χ4v) is 2.33. The Bertz CT molecular complexity index is 727. The van der Waals surface area contributed by atoms with Crippen LogP contribution in [0.25, 0.3) is 6.08 Å². The Morgan fingerprint density at radius 2 is 1.80 bits per heavy atom. The Kier molecular flexibility index (Phi) is 6.57. The number of carbonyl (C=O) groups excluding carboxylic acids is 2. The second kappa shape index (κ2) is 8.87. The zero-order chi connectivity index (χ0) is 18.2. The molecule has 0 aliphatic heterocycles. The van der Waals surface area contributed by atoms with Gasteiger partial charge in [-0.05, 0) is 44.0 Å². The first kappa shape index (κ1) is 18.5. The number of nitrogens with one attached hydrogen (secondary N) is 2. The molecule has 25 heavy (non-hydrogen) atoms. The minimum atomic E-state index is -0.336. The second-order valence-electron chi connectivity index (χ2n) is 5.88. The van der Waals surface area contributed by atoms with Gasteiger partial charge in [0.2, 0.25) is 0 Å². The summed E-state index contributed by atoms with van der Waals surface area (Å²) in [7, 11) is 0. The molecule has 2 N–H and O–H groups in total. The van der Waals surface area contributed by atoms with Crippen molar-refractivity contribution < 1.29 is 14.0 Å². The van der Waals surface area contributed by atoms with Crippen molar-refractivity contribution in [1.82, 2.24) is 10.6 Å². The van der Waals surface area contributed by atoms with Crippen LogP contribution in [0.5, 0.6) is 0 Å². The van der Waals surface area contributed by atoms with Gasteiger partial charge in [0.25, 0.3) is 11.8 Å². The van der Waals surface area contributed by atoms with E-state index in [-0.39, 0.29) is 23.6 Å². The third kappa shape index (κ3) is 5.35. The number of rotatable bonds is 7. The SMILES string of the molecule is CCC(CC)NC(=O)/C(=C/c1ccco1)NC(=O)c1ccc(C)cc1. The first-order valence-corrected chi connectivity index (χ1v) is 8.47. The van der Waals surface area contributed by atoms with Crippen LogP contribution in [0.2, 0.25) is 0 Å². The molecule has 0 spiro atoms. The van der Waals surface area contributed by atoms with Crippen molar-refractivity contribution in [2.75, 3.05) is 0 Å². The summed E-state index contributed by atoms with van der Waals surface area (Å²) in [4.78, 5) is 25.0. The molecule has 0 bridgehead atoms. The zero-order valence-corrected chi connectivity index (χ0v) is 14.8. The highest BCUT2D eigenvalue weighted by Gasteiger charge is 2.17. The van der Waals surface area contributed by atoms with E-state index in [1.54, 1.807) is 24.3 Å². The molecule has 0 fully saturated rings. The molecule has 0 aliphatic carbocycles. The van der Waals surface area contributed by atoms with Crippen molar-refractivity contribution in [3.05, 3.63) is 65.2 Å². The van der Waals surface area contributed by atoms with E-state index in [4.69, 9.17) is 4.42 Å². The highest BCUT2D eigenvalue weighted by Crippen LogP contribution is 2.09. The Hall–Kier alpha value is -2.82. The van der Waals surface area contributed by atoms with Gasteiger partial charge in [-0.3, -0.25) is 9.59 Å². The molecule has 2 amide bonds. The van der Waals surface area contributed by atoms with E-state index in [9.17, 15) is 9.59 Å². The molecule has 0 aliphatic rings. The fourth-order valence-electron chi connectivity index (χ4n) is 2.33. The van der Waals surface area contributed by atoms with Crippen LogP contribution >= 0.6 is 0 Å². The molecule has 0 atom stereocenters. The molecular weight excluding hydrogens is 316 g/mol. The topological polar surface area (TPSA) is 71.3 Å². The quantitative estimate of drug-likeness (QED) is 0.756. The van der Waals surface area contributed by atoms with E-state index in [2.05, 4.69) is 10.6 Å². The molecule has 1 heterocycles. The molecule has 0 saturated carbocycles. The molecule has 2 aromatic rings. The Morgan fingerprint density at radius 3 is 2.36 bits per heavy atom. The van der Waals surface area contributed by atoms with Crippen molar-refractivity contribution >= 4 is 17.9 Å². The Balaban J connectivity index is 2.21. The van der Waals surface area contributed by atoms with E-state index in [1.807, 2.05) is 32.9 Å². The van der Waals surface area contributed by atoms with E-state index in [0.717, 1.165) is 18.4 Å². The minimum Gasteiger partial charge on any atom is -0.465 e. The highest BCUT2D eigenvalue weighted by atomic mass is 16.3. The van der Waals surface area contributed by atoms with Crippen LogP contribution in [0.15, 0.2) is 52.8 Å². The van der Waals surface area contributed by atoms with Gasteiger partial charge in [-0.2, -0.15) is 0 Å². The van der Waals surface area contributed by atoms with Crippen LogP contribution in [0.3, 0.4) is 0 Å². The maximum Gasteiger partial charge on any atom is 0.268 e. The summed E-state index contributed by atoms with van der Waals surface area (Å²) >= 11 is 0. The first-order valence-electron chi connectivity index (χ1n) is 8.47. The van der Waals surface area contributed by atoms with E-state index >= 15 is 0 Å². The Labute approximate surface area is 148 Å². The average Bonchev–Trinajstić information content (AvgIpc) is 3.12. The third-order valence-corrected chi connectivity index (χ3v) is 3.96. The number of aryl methyl sites for hydroxylation is 1. The lowest BCUT2D eigenvalue weighted by Gasteiger charge is -2.17. The maximum absolute atomic E-state index is 12.6. The van der Waals surface area contributed by atoms with Gasteiger partial charge < -0.3 is 15.1 Å². The molecule has 5 heteroatoms. The molecule has 2 rings (SSSR count). The van der Waals surface area contributed by atoms with Crippen molar-refractivity contribution in [1.29, 1.82) is 0 Å². The normalized spacial score (nSPS) is 11.4.